The Morgan fingerprint density at radius 3 is 2.58 bits per heavy atom. The van der Waals surface area contributed by atoms with Crippen molar-refractivity contribution in [2.75, 3.05) is 18.4 Å². The Morgan fingerprint density at radius 1 is 1.32 bits per heavy atom. The first-order chi connectivity index (χ1) is 8.98. The summed E-state index contributed by atoms with van der Waals surface area (Å²) in [5.74, 6) is 0.753. The van der Waals surface area contributed by atoms with Crippen molar-refractivity contribution >= 4 is 11.7 Å². The monoisotopic (exact) mass is 263 g/mol. The first-order valence-electron chi connectivity index (χ1n) is 6.96. The largest absolute Gasteiger partial charge is 0.370 e. The van der Waals surface area contributed by atoms with Gasteiger partial charge in [0.1, 0.15) is 5.82 Å². The second kappa shape index (κ2) is 7.12. The Balaban J connectivity index is 2.53. The molecule has 0 fully saturated rings. The fourth-order valence-corrected chi connectivity index (χ4v) is 1.43. The minimum absolute atomic E-state index is 0.0592. The lowest BCUT2D eigenvalue weighted by Crippen LogP contribution is -2.33. The van der Waals surface area contributed by atoms with Crippen molar-refractivity contribution < 1.29 is 4.79 Å². The van der Waals surface area contributed by atoms with Gasteiger partial charge in [-0.2, -0.15) is 0 Å². The summed E-state index contributed by atoms with van der Waals surface area (Å²) in [6.45, 7) is 10.1. The summed E-state index contributed by atoms with van der Waals surface area (Å²) in [4.78, 5) is 16.2. The fraction of sp³-hybridized carbons (Fsp3) is 0.600. The third kappa shape index (κ3) is 5.28. The van der Waals surface area contributed by atoms with Gasteiger partial charge in [-0.1, -0.05) is 27.7 Å². The molecule has 0 saturated heterocycles. The molecule has 0 aliphatic rings. The van der Waals surface area contributed by atoms with Crippen molar-refractivity contribution in [3.8, 4) is 0 Å². The van der Waals surface area contributed by atoms with Gasteiger partial charge >= 0.3 is 0 Å². The number of hydrogen-bond acceptors (Lipinski definition) is 3. The normalized spacial score (nSPS) is 11.2. The molecule has 0 aliphatic heterocycles. The van der Waals surface area contributed by atoms with E-state index in [2.05, 4.69) is 43.3 Å². The number of nitrogens with zero attached hydrogens (tertiary/aromatic N) is 1. The van der Waals surface area contributed by atoms with Crippen LogP contribution in [0.15, 0.2) is 18.3 Å². The molecule has 106 valence electrons. The van der Waals surface area contributed by atoms with Crippen molar-refractivity contribution in [1.82, 2.24) is 10.3 Å². The zero-order valence-electron chi connectivity index (χ0n) is 12.4. The lowest BCUT2D eigenvalue weighted by molar-refractivity contribution is 0.0935. The maximum Gasteiger partial charge on any atom is 0.252 e. The lowest BCUT2D eigenvalue weighted by atomic mass is 9.90. The van der Waals surface area contributed by atoms with Crippen LogP contribution >= 0.6 is 0 Å². The van der Waals surface area contributed by atoms with E-state index in [9.17, 15) is 4.79 Å². The average molecular weight is 263 g/mol. The van der Waals surface area contributed by atoms with Crippen molar-refractivity contribution in [2.24, 2.45) is 5.41 Å². The molecule has 1 heterocycles. The molecule has 4 nitrogen and oxygen atoms in total. The van der Waals surface area contributed by atoms with E-state index in [0.29, 0.717) is 12.1 Å². The molecule has 4 heteroatoms. The van der Waals surface area contributed by atoms with Crippen molar-refractivity contribution in [3.63, 3.8) is 0 Å². The Bertz CT molecular complexity index is 398. The minimum atomic E-state index is -0.0592. The highest BCUT2D eigenvalue weighted by Gasteiger charge is 2.16. The number of rotatable bonds is 7. The van der Waals surface area contributed by atoms with Crippen LogP contribution < -0.4 is 10.6 Å². The lowest BCUT2D eigenvalue weighted by Gasteiger charge is -2.22. The number of aromatic nitrogens is 1. The van der Waals surface area contributed by atoms with Gasteiger partial charge in [-0.3, -0.25) is 4.79 Å². The van der Waals surface area contributed by atoms with Crippen LogP contribution in [0.2, 0.25) is 0 Å². The van der Waals surface area contributed by atoms with Gasteiger partial charge in [0.15, 0.2) is 0 Å². The molecule has 0 bridgehead atoms. The summed E-state index contributed by atoms with van der Waals surface area (Å²) in [7, 11) is 0. The van der Waals surface area contributed by atoms with Gasteiger partial charge in [-0.15, -0.1) is 0 Å². The molecule has 1 amide bonds. The summed E-state index contributed by atoms with van der Waals surface area (Å²) in [5.41, 5.74) is 0.736. The molecule has 1 rings (SSSR count). The van der Waals surface area contributed by atoms with E-state index in [1.54, 1.807) is 12.3 Å². The van der Waals surface area contributed by atoms with E-state index in [1.165, 1.54) is 0 Å². The zero-order valence-corrected chi connectivity index (χ0v) is 12.4. The highest BCUT2D eigenvalue weighted by molar-refractivity contribution is 5.94. The van der Waals surface area contributed by atoms with Crippen LogP contribution in [0.4, 0.5) is 5.82 Å². The Labute approximate surface area is 116 Å². The molecule has 1 aromatic heterocycles. The SMILES string of the molecule is CCCNc1ccc(C(=O)NCC(C)(C)CC)cn1. The standard InChI is InChI=1S/C15H25N3O/c1-5-9-16-13-8-7-12(10-17-13)14(19)18-11-15(3,4)6-2/h7-8,10H,5-6,9,11H2,1-4H3,(H,16,17)(H,18,19). The summed E-state index contributed by atoms with van der Waals surface area (Å²) >= 11 is 0. The molecule has 0 saturated carbocycles. The molecule has 0 spiro atoms. The third-order valence-electron chi connectivity index (χ3n) is 3.27. The quantitative estimate of drug-likeness (QED) is 0.795. The summed E-state index contributed by atoms with van der Waals surface area (Å²) in [6, 6.07) is 3.65. The number of amides is 1. The molecule has 1 aromatic rings. The highest BCUT2D eigenvalue weighted by atomic mass is 16.1. The zero-order chi connectivity index (χ0) is 14.3. The minimum Gasteiger partial charge on any atom is -0.370 e. The predicted molar refractivity (Wildman–Crippen MR) is 79.4 cm³/mol. The number of hydrogen-bond donors (Lipinski definition) is 2. The number of carbonyl (C=O) groups excluding carboxylic acids is 1. The average Bonchev–Trinajstić information content (AvgIpc) is 2.43. The van der Waals surface area contributed by atoms with Crippen LogP contribution in [0.1, 0.15) is 50.9 Å². The molecule has 2 N–H and O–H groups in total. The topological polar surface area (TPSA) is 54.0 Å². The molecular weight excluding hydrogens is 238 g/mol. The van der Waals surface area contributed by atoms with Gasteiger partial charge in [0.05, 0.1) is 5.56 Å². The predicted octanol–water partition coefficient (Wildman–Crippen LogP) is 3.07. The van der Waals surface area contributed by atoms with Crippen LogP contribution in [-0.2, 0) is 0 Å². The van der Waals surface area contributed by atoms with Crippen LogP contribution in [0.5, 0.6) is 0 Å². The first kappa shape index (κ1) is 15.5. The molecular formula is C15H25N3O. The van der Waals surface area contributed by atoms with Crippen molar-refractivity contribution in [2.45, 2.75) is 40.5 Å². The van der Waals surface area contributed by atoms with E-state index in [0.717, 1.165) is 25.2 Å². The molecule has 0 aliphatic carbocycles. The molecule has 0 atom stereocenters. The van der Waals surface area contributed by atoms with Gasteiger partial charge in [0.2, 0.25) is 0 Å². The molecule has 0 aromatic carbocycles. The maximum absolute atomic E-state index is 12.0. The number of pyridine rings is 1. The van der Waals surface area contributed by atoms with Crippen LogP contribution in [-0.4, -0.2) is 24.0 Å². The van der Waals surface area contributed by atoms with Gasteiger partial charge in [-0.25, -0.2) is 4.98 Å². The maximum atomic E-state index is 12.0. The third-order valence-corrected chi connectivity index (χ3v) is 3.27. The number of nitrogens with one attached hydrogen (secondary N) is 2. The van der Waals surface area contributed by atoms with E-state index < -0.39 is 0 Å². The summed E-state index contributed by atoms with van der Waals surface area (Å²) in [6.07, 6.45) is 3.70. The molecule has 0 unspecified atom stereocenters. The fourth-order valence-electron chi connectivity index (χ4n) is 1.43. The Morgan fingerprint density at radius 2 is 2.05 bits per heavy atom. The number of carbonyl (C=O) groups is 1. The molecule has 19 heavy (non-hydrogen) atoms. The second-order valence-corrected chi connectivity index (χ2v) is 5.56. The van der Waals surface area contributed by atoms with Gasteiger partial charge in [0, 0.05) is 19.3 Å². The van der Waals surface area contributed by atoms with Crippen molar-refractivity contribution in [1.29, 1.82) is 0 Å². The van der Waals surface area contributed by atoms with Crippen molar-refractivity contribution in [3.05, 3.63) is 23.9 Å². The second-order valence-electron chi connectivity index (χ2n) is 5.56. The van der Waals surface area contributed by atoms with Gasteiger partial charge in [0.25, 0.3) is 5.91 Å². The van der Waals surface area contributed by atoms with Crippen LogP contribution in [0, 0.1) is 5.41 Å². The van der Waals surface area contributed by atoms with Crippen LogP contribution in [0.3, 0.4) is 0 Å². The Hall–Kier alpha value is -1.58. The van der Waals surface area contributed by atoms with Gasteiger partial charge in [-0.05, 0) is 30.4 Å². The van der Waals surface area contributed by atoms with E-state index in [-0.39, 0.29) is 11.3 Å². The summed E-state index contributed by atoms with van der Waals surface area (Å²) < 4.78 is 0. The number of anilines is 1. The summed E-state index contributed by atoms with van der Waals surface area (Å²) in [5, 5.41) is 6.14. The van der Waals surface area contributed by atoms with E-state index in [1.807, 2.05) is 6.07 Å². The molecule has 0 radical (unpaired) electrons. The first-order valence-corrected chi connectivity index (χ1v) is 6.96. The highest BCUT2D eigenvalue weighted by Crippen LogP contribution is 2.17. The van der Waals surface area contributed by atoms with E-state index >= 15 is 0 Å². The van der Waals surface area contributed by atoms with Crippen LogP contribution in [0.25, 0.3) is 0 Å². The van der Waals surface area contributed by atoms with E-state index in [4.69, 9.17) is 0 Å². The van der Waals surface area contributed by atoms with Gasteiger partial charge < -0.3 is 10.6 Å². The smallest absolute Gasteiger partial charge is 0.252 e. The Kier molecular flexibility index (Phi) is 5.80.